The molecule has 0 bridgehead atoms. The monoisotopic (exact) mass is 351 g/mol. The average Bonchev–Trinajstić information content (AvgIpc) is 2.44. The minimum absolute atomic E-state index is 0.0756. The van der Waals surface area contributed by atoms with Crippen LogP contribution in [0.1, 0.15) is 22.3 Å². The average molecular weight is 351 g/mol. The van der Waals surface area contributed by atoms with Gasteiger partial charge in [0.1, 0.15) is 18.2 Å². The van der Waals surface area contributed by atoms with Crippen LogP contribution in [-0.4, -0.2) is 21.6 Å². The van der Waals surface area contributed by atoms with Crippen LogP contribution in [0.15, 0.2) is 35.2 Å². The normalized spacial score (nSPS) is 11.5. The molecule has 1 N–H and O–H groups in total. The number of ether oxygens (including phenoxy) is 1. The Hall–Kier alpha value is -1.92. The minimum Gasteiger partial charge on any atom is -0.492 e. The number of hydrogen-bond acceptors (Lipinski definition) is 3. The molecule has 0 fully saturated rings. The SMILES string of the molecule is Cc1cc(C)c(OCCNS(=O)(=O)c2ccc(F)cc2C)c(C)c1. The highest BCUT2D eigenvalue weighted by Gasteiger charge is 2.16. The molecule has 0 saturated heterocycles. The van der Waals surface area contributed by atoms with Crippen molar-refractivity contribution in [1.29, 1.82) is 0 Å². The van der Waals surface area contributed by atoms with Crippen LogP contribution >= 0.6 is 0 Å². The second-order valence-electron chi connectivity index (χ2n) is 5.88. The van der Waals surface area contributed by atoms with Crippen LogP contribution < -0.4 is 9.46 Å². The first-order valence-corrected chi connectivity index (χ1v) is 9.15. The Morgan fingerprint density at radius 3 is 2.21 bits per heavy atom. The third-order valence-electron chi connectivity index (χ3n) is 3.67. The fourth-order valence-electron chi connectivity index (χ4n) is 2.72. The van der Waals surface area contributed by atoms with Crippen LogP contribution in [0.4, 0.5) is 4.39 Å². The Balaban J connectivity index is 1.99. The zero-order chi connectivity index (χ0) is 17.9. The Kier molecular flexibility index (Phi) is 5.62. The van der Waals surface area contributed by atoms with Crippen molar-refractivity contribution < 1.29 is 17.5 Å². The lowest BCUT2D eigenvalue weighted by Crippen LogP contribution is -2.29. The standard InChI is InChI=1S/C18H22FNO3S/c1-12-9-14(3)18(15(4)10-12)23-8-7-20-24(21,22)17-6-5-16(19)11-13(17)2/h5-6,9-11,20H,7-8H2,1-4H3. The number of rotatable bonds is 6. The van der Waals surface area contributed by atoms with E-state index in [2.05, 4.69) is 4.72 Å². The summed E-state index contributed by atoms with van der Waals surface area (Å²) in [5, 5.41) is 0. The summed E-state index contributed by atoms with van der Waals surface area (Å²) in [5.74, 6) is 0.317. The Bertz CT molecular complexity index is 824. The van der Waals surface area contributed by atoms with Gasteiger partial charge in [-0.3, -0.25) is 0 Å². The topological polar surface area (TPSA) is 55.4 Å². The molecule has 0 heterocycles. The minimum atomic E-state index is -3.69. The first-order chi connectivity index (χ1) is 11.2. The molecule has 0 unspecified atom stereocenters. The molecule has 0 saturated carbocycles. The molecule has 6 heteroatoms. The lowest BCUT2D eigenvalue weighted by molar-refractivity contribution is 0.318. The van der Waals surface area contributed by atoms with E-state index in [1.165, 1.54) is 12.1 Å². The summed E-state index contributed by atoms with van der Waals surface area (Å²) in [7, 11) is -3.69. The van der Waals surface area contributed by atoms with Gasteiger partial charge in [-0.25, -0.2) is 17.5 Å². The van der Waals surface area contributed by atoms with Gasteiger partial charge < -0.3 is 4.74 Å². The van der Waals surface area contributed by atoms with Crippen LogP contribution in [-0.2, 0) is 10.0 Å². The Morgan fingerprint density at radius 2 is 1.62 bits per heavy atom. The fraction of sp³-hybridized carbons (Fsp3) is 0.333. The van der Waals surface area contributed by atoms with Crippen molar-refractivity contribution in [3.8, 4) is 5.75 Å². The van der Waals surface area contributed by atoms with E-state index in [1.807, 2.05) is 32.9 Å². The Morgan fingerprint density at radius 1 is 1.00 bits per heavy atom. The third kappa shape index (κ3) is 4.33. The summed E-state index contributed by atoms with van der Waals surface area (Å²) in [6, 6.07) is 7.64. The number of halogens is 1. The fourth-order valence-corrected chi connectivity index (χ4v) is 3.95. The Labute approximate surface area is 142 Å². The predicted molar refractivity (Wildman–Crippen MR) is 92.5 cm³/mol. The molecule has 0 aliphatic heterocycles. The van der Waals surface area contributed by atoms with E-state index in [0.29, 0.717) is 5.56 Å². The molecule has 0 amide bonds. The van der Waals surface area contributed by atoms with Gasteiger partial charge in [0, 0.05) is 6.54 Å². The highest BCUT2D eigenvalue weighted by molar-refractivity contribution is 7.89. The van der Waals surface area contributed by atoms with Crippen LogP contribution in [0.2, 0.25) is 0 Å². The van der Waals surface area contributed by atoms with Crippen molar-refractivity contribution in [1.82, 2.24) is 4.72 Å². The zero-order valence-corrected chi connectivity index (χ0v) is 15.1. The highest BCUT2D eigenvalue weighted by atomic mass is 32.2. The first-order valence-electron chi connectivity index (χ1n) is 7.67. The van der Waals surface area contributed by atoms with Crippen LogP contribution in [0.5, 0.6) is 5.75 Å². The van der Waals surface area contributed by atoms with Gasteiger partial charge in [0.15, 0.2) is 0 Å². The second-order valence-corrected chi connectivity index (χ2v) is 7.62. The number of sulfonamides is 1. The number of hydrogen-bond donors (Lipinski definition) is 1. The molecule has 0 aliphatic rings. The molecule has 0 aliphatic carbocycles. The third-order valence-corrected chi connectivity index (χ3v) is 5.29. The molecule has 0 radical (unpaired) electrons. The van der Waals surface area contributed by atoms with Crippen molar-refractivity contribution in [3.63, 3.8) is 0 Å². The second kappa shape index (κ2) is 7.32. The van der Waals surface area contributed by atoms with Crippen LogP contribution in [0.3, 0.4) is 0 Å². The summed E-state index contributed by atoms with van der Waals surface area (Å²) in [4.78, 5) is 0.0756. The van der Waals surface area contributed by atoms with Crippen molar-refractivity contribution in [3.05, 3.63) is 58.4 Å². The molecule has 24 heavy (non-hydrogen) atoms. The van der Waals surface area contributed by atoms with E-state index in [1.54, 1.807) is 6.92 Å². The lowest BCUT2D eigenvalue weighted by Gasteiger charge is -2.14. The lowest BCUT2D eigenvalue weighted by atomic mass is 10.1. The highest BCUT2D eigenvalue weighted by Crippen LogP contribution is 2.24. The number of benzene rings is 2. The number of nitrogens with one attached hydrogen (secondary N) is 1. The van der Waals surface area contributed by atoms with E-state index in [-0.39, 0.29) is 18.0 Å². The quantitative estimate of drug-likeness (QED) is 0.812. The molecule has 4 nitrogen and oxygen atoms in total. The van der Waals surface area contributed by atoms with E-state index in [4.69, 9.17) is 4.74 Å². The van der Waals surface area contributed by atoms with Gasteiger partial charge >= 0.3 is 0 Å². The van der Waals surface area contributed by atoms with Gasteiger partial charge in [0.05, 0.1) is 4.90 Å². The van der Waals surface area contributed by atoms with Gasteiger partial charge in [-0.05, 0) is 62.6 Å². The maximum Gasteiger partial charge on any atom is 0.240 e. The molecule has 2 aromatic rings. The summed E-state index contributed by atoms with van der Waals surface area (Å²) in [5.41, 5.74) is 3.56. The smallest absolute Gasteiger partial charge is 0.240 e. The van der Waals surface area contributed by atoms with Gasteiger partial charge in [0.25, 0.3) is 0 Å². The maximum atomic E-state index is 13.1. The van der Waals surface area contributed by atoms with Crippen molar-refractivity contribution in [2.24, 2.45) is 0 Å². The van der Waals surface area contributed by atoms with Gasteiger partial charge in [-0.1, -0.05) is 17.7 Å². The molecule has 2 aromatic carbocycles. The van der Waals surface area contributed by atoms with E-state index >= 15 is 0 Å². The van der Waals surface area contributed by atoms with Crippen LogP contribution in [0.25, 0.3) is 0 Å². The van der Waals surface area contributed by atoms with Crippen molar-refractivity contribution in [2.45, 2.75) is 32.6 Å². The van der Waals surface area contributed by atoms with E-state index in [9.17, 15) is 12.8 Å². The molecule has 2 rings (SSSR count). The molecular formula is C18H22FNO3S. The summed E-state index contributed by atoms with van der Waals surface area (Å²) in [6.45, 7) is 7.84. The van der Waals surface area contributed by atoms with Crippen molar-refractivity contribution >= 4 is 10.0 Å². The molecule has 0 aromatic heterocycles. The summed E-state index contributed by atoms with van der Waals surface area (Å²) < 4.78 is 45.8. The summed E-state index contributed by atoms with van der Waals surface area (Å²) >= 11 is 0. The molecule has 130 valence electrons. The van der Waals surface area contributed by atoms with Gasteiger partial charge in [-0.2, -0.15) is 0 Å². The van der Waals surface area contributed by atoms with Crippen LogP contribution in [0, 0.1) is 33.5 Å². The molecular weight excluding hydrogens is 329 g/mol. The van der Waals surface area contributed by atoms with E-state index < -0.39 is 15.8 Å². The maximum absolute atomic E-state index is 13.1. The van der Waals surface area contributed by atoms with E-state index in [0.717, 1.165) is 28.5 Å². The zero-order valence-electron chi connectivity index (χ0n) is 14.3. The molecule has 0 spiro atoms. The summed E-state index contributed by atoms with van der Waals surface area (Å²) in [6.07, 6.45) is 0. The first kappa shape index (κ1) is 18.4. The number of aryl methyl sites for hydroxylation is 4. The largest absolute Gasteiger partial charge is 0.492 e. The molecule has 0 atom stereocenters. The predicted octanol–water partition coefficient (Wildman–Crippen LogP) is 3.42. The van der Waals surface area contributed by atoms with Gasteiger partial charge in [0.2, 0.25) is 10.0 Å². The van der Waals surface area contributed by atoms with Crippen molar-refractivity contribution in [2.75, 3.05) is 13.2 Å². The van der Waals surface area contributed by atoms with Gasteiger partial charge in [-0.15, -0.1) is 0 Å².